The molecule has 0 spiro atoms. The molecule has 11 heteroatoms. The number of halogens is 1. The number of hydrogen-bond donors (Lipinski definition) is 0. The van der Waals surface area contributed by atoms with Gasteiger partial charge in [-0.15, -0.1) is 11.8 Å². The molecule has 4 aromatic rings. The summed E-state index contributed by atoms with van der Waals surface area (Å²) in [6.07, 6.45) is 0. The zero-order valence-corrected chi connectivity index (χ0v) is 25.3. The number of carbonyl (C=O) groups is 3. The molecule has 0 saturated carbocycles. The molecule has 2 aliphatic heterocycles. The number of hydrogen-bond acceptors (Lipinski definition) is 6. The topological polar surface area (TPSA) is 88.0 Å². The Morgan fingerprint density at radius 2 is 1.59 bits per heavy atom. The van der Waals surface area contributed by atoms with E-state index in [2.05, 4.69) is 0 Å². The fraction of sp³-hybridized carbons (Fsp3) is 0.273. The summed E-state index contributed by atoms with van der Waals surface area (Å²) >= 11 is 1.32. The molecule has 9 nitrogen and oxygen atoms in total. The third-order valence-electron chi connectivity index (χ3n) is 8.01. The van der Waals surface area contributed by atoms with E-state index in [-0.39, 0.29) is 35.8 Å². The lowest BCUT2D eigenvalue weighted by Crippen LogP contribution is -2.53. The van der Waals surface area contributed by atoms with Crippen LogP contribution >= 0.6 is 11.8 Å². The van der Waals surface area contributed by atoms with Crippen molar-refractivity contribution in [3.05, 3.63) is 95.8 Å². The van der Waals surface area contributed by atoms with Crippen LogP contribution in [0.2, 0.25) is 0 Å². The monoisotopic (exact) mass is 613 g/mol. The van der Waals surface area contributed by atoms with Crippen molar-refractivity contribution >= 4 is 35.3 Å². The Balaban J connectivity index is 1.52. The van der Waals surface area contributed by atoms with Crippen LogP contribution < -0.4 is 9.64 Å². The zero-order chi connectivity index (χ0) is 30.8. The van der Waals surface area contributed by atoms with E-state index in [1.54, 1.807) is 51.9 Å². The van der Waals surface area contributed by atoms with Crippen molar-refractivity contribution in [2.24, 2.45) is 0 Å². The molecule has 3 amide bonds. The molecule has 6 rings (SSSR count). The number of ether oxygens (including phenoxy) is 1. The van der Waals surface area contributed by atoms with E-state index < -0.39 is 5.25 Å². The molecule has 1 atom stereocenters. The number of aromatic nitrogens is 2. The number of fused-ring (bicyclic) bond motifs is 1. The predicted molar refractivity (Wildman–Crippen MR) is 167 cm³/mol. The zero-order valence-electron chi connectivity index (χ0n) is 24.5. The molecule has 1 saturated heterocycles. The van der Waals surface area contributed by atoms with Crippen LogP contribution in [0.15, 0.2) is 78.9 Å². The highest BCUT2D eigenvalue weighted by molar-refractivity contribution is 8.00. The molecule has 3 heterocycles. The van der Waals surface area contributed by atoms with Crippen LogP contribution in [0, 0.1) is 5.82 Å². The molecule has 44 heavy (non-hydrogen) atoms. The van der Waals surface area contributed by atoms with Crippen LogP contribution in [0.25, 0.3) is 16.9 Å². The molecule has 0 unspecified atom stereocenters. The van der Waals surface area contributed by atoms with Gasteiger partial charge in [-0.05, 0) is 30.3 Å². The summed E-state index contributed by atoms with van der Waals surface area (Å²) in [6, 6.07) is 23.4. The van der Waals surface area contributed by atoms with Gasteiger partial charge >= 0.3 is 0 Å². The number of nitrogens with zero attached hydrogens (tertiary/aromatic N) is 5. The van der Waals surface area contributed by atoms with Gasteiger partial charge in [-0.25, -0.2) is 9.07 Å². The summed E-state index contributed by atoms with van der Waals surface area (Å²) in [5.41, 5.74) is 3.15. The van der Waals surface area contributed by atoms with E-state index in [0.29, 0.717) is 60.3 Å². The van der Waals surface area contributed by atoms with Gasteiger partial charge in [0.05, 0.1) is 29.5 Å². The van der Waals surface area contributed by atoms with Gasteiger partial charge in [0.15, 0.2) is 0 Å². The van der Waals surface area contributed by atoms with Crippen LogP contribution in [0.4, 0.5) is 10.2 Å². The average molecular weight is 614 g/mol. The normalized spacial score (nSPS) is 16.8. The fourth-order valence-corrected chi connectivity index (χ4v) is 6.89. The highest BCUT2D eigenvalue weighted by atomic mass is 32.2. The quantitative estimate of drug-likeness (QED) is 0.317. The SMILES string of the molecule is COc1ccc(-n2nc(-c3ccccc3)c3c2N(CC(=O)N2CCN(C(C)=O)CC2)C(=O)CS[C@@H]3c2ccccc2F)cc1. The molecule has 3 aromatic carbocycles. The summed E-state index contributed by atoms with van der Waals surface area (Å²) in [7, 11) is 1.58. The van der Waals surface area contributed by atoms with Crippen molar-refractivity contribution in [2.75, 3.05) is 50.5 Å². The highest BCUT2D eigenvalue weighted by Crippen LogP contribution is 2.49. The molecular formula is C33H32FN5O4S. The van der Waals surface area contributed by atoms with E-state index in [1.165, 1.54) is 29.7 Å². The van der Waals surface area contributed by atoms with Crippen molar-refractivity contribution in [1.29, 1.82) is 0 Å². The first-order valence-corrected chi connectivity index (χ1v) is 15.4. The Morgan fingerprint density at radius 3 is 2.25 bits per heavy atom. The van der Waals surface area contributed by atoms with Crippen LogP contribution in [-0.2, 0) is 14.4 Å². The Kier molecular flexibility index (Phi) is 8.38. The Bertz CT molecular complexity index is 1690. The van der Waals surface area contributed by atoms with Gasteiger partial charge in [-0.3, -0.25) is 19.3 Å². The van der Waals surface area contributed by atoms with E-state index >= 15 is 4.39 Å². The van der Waals surface area contributed by atoms with E-state index in [1.807, 2.05) is 42.5 Å². The van der Waals surface area contributed by atoms with E-state index in [9.17, 15) is 14.4 Å². The van der Waals surface area contributed by atoms with Gasteiger partial charge in [0.2, 0.25) is 17.7 Å². The maximum atomic E-state index is 15.4. The van der Waals surface area contributed by atoms with E-state index in [0.717, 1.165) is 5.56 Å². The van der Waals surface area contributed by atoms with Gasteiger partial charge in [-0.2, -0.15) is 5.10 Å². The van der Waals surface area contributed by atoms with Gasteiger partial charge in [0, 0.05) is 49.8 Å². The fourth-order valence-electron chi connectivity index (χ4n) is 5.67. The van der Waals surface area contributed by atoms with E-state index in [4.69, 9.17) is 9.84 Å². The van der Waals surface area contributed by atoms with Crippen molar-refractivity contribution in [3.63, 3.8) is 0 Å². The number of rotatable bonds is 6. The Morgan fingerprint density at radius 1 is 0.932 bits per heavy atom. The molecule has 1 aromatic heterocycles. The van der Waals surface area contributed by atoms with Crippen LogP contribution in [0.3, 0.4) is 0 Å². The second-order valence-corrected chi connectivity index (χ2v) is 11.7. The highest BCUT2D eigenvalue weighted by Gasteiger charge is 2.39. The molecule has 0 radical (unpaired) electrons. The summed E-state index contributed by atoms with van der Waals surface area (Å²) in [4.78, 5) is 44.4. The van der Waals surface area contributed by atoms with Crippen molar-refractivity contribution in [2.45, 2.75) is 12.2 Å². The van der Waals surface area contributed by atoms with Crippen LogP contribution in [0.1, 0.15) is 23.3 Å². The Hall–Kier alpha value is -4.64. The number of piperazine rings is 1. The first-order chi connectivity index (χ1) is 21.4. The smallest absolute Gasteiger partial charge is 0.242 e. The minimum atomic E-state index is -0.573. The predicted octanol–water partition coefficient (Wildman–Crippen LogP) is 4.55. The van der Waals surface area contributed by atoms with Crippen molar-refractivity contribution < 1.29 is 23.5 Å². The van der Waals surface area contributed by atoms with Crippen molar-refractivity contribution in [3.8, 4) is 22.7 Å². The van der Waals surface area contributed by atoms with Crippen LogP contribution in [-0.4, -0.2) is 82.9 Å². The third kappa shape index (κ3) is 5.67. The lowest BCUT2D eigenvalue weighted by molar-refractivity contribution is -0.137. The molecule has 0 bridgehead atoms. The molecule has 0 aliphatic carbocycles. The number of thioether (sulfide) groups is 1. The summed E-state index contributed by atoms with van der Waals surface area (Å²) in [6.45, 7) is 2.94. The first kappa shape index (κ1) is 29.4. The molecule has 0 N–H and O–H groups in total. The number of carbonyl (C=O) groups excluding carboxylic acids is 3. The number of anilines is 1. The third-order valence-corrected chi connectivity index (χ3v) is 9.25. The first-order valence-electron chi connectivity index (χ1n) is 14.4. The van der Waals surface area contributed by atoms with Gasteiger partial charge < -0.3 is 14.5 Å². The molecular weight excluding hydrogens is 581 g/mol. The van der Waals surface area contributed by atoms with Gasteiger partial charge in [0.25, 0.3) is 0 Å². The molecule has 226 valence electrons. The summed E-state index contributed by atoms with van der Waals surface area (Å²) < 4.78 is 22.5. The van der Waals surface area contributed by atoms with Crippen molar-refractivity contribution in [1.82, 2.24) is 19.6 Å². The maximum Gasteiger partial charge on any atom is 0.242 e. The number of benzene rings is 3. The minimum Gasteiger partial charge on any atom is -0.497 e. The molecule has 2 aliphatic rings. The summed E-state index contributed by atoms with van der Waals surface area (Å²) in [5, 5.41) is 4.47. The maximum absolute atomic E-state index is 15.4. The molecule has 1 fully saturated rings. The van der Waals surface area contributed by atoms with Gasteiger partial charge in [-0.1, -0.05) is 48.5 Å². The summed E-state index contributed by atoms with van der Waals surface area (Å²) in [5.74, 6) is 0.196. The lowest BCUT2D eigenvalue weighted by atomic mass is 9.99. The average Bonchev–Trinajstić information content (AvgIpc) is 3.38. The standard InChI is InChI=1S/C33H32FN5O4S/c1-22(40)36-16-18-37(19-17-36)28(41)20-38-29(42)21-44-32(26-10-6-7-11-27(26)34)30-31(23-8-4-3-5-9-23)35-39(33(30)38)24-12-14-25(43-2)15-13-24/h3-15,32H,16-21H2,1-2H3/t32-/m1/s1. The Labute approximate surface area is 259 Å². The second-order valence-electron chi connectivity index (χ2n) is 10.6. The minimum absolute atomic E-state index is 0.0301. The number of methoxy groups -OCH3 is 1. The second kappa shape index (κ2) is 12.5. The van der Waals surface area contributed by atoms with Gasteiger partial charge in [0.1, 0.15) is 23.9 Å². The lowest BCUT2D eigenvalue weighted by Gasteiger charge is -2.35. The van der Waals surface area contributed by atoms with Crippen LogP contribution in [0.5, 0.6) is 5.75 Å². The largest absolute Gasteiger partial charge is 0.497 e. The number of amides is 3.